The van der Waals surface area contributed by atoms with E-state index in [1.165, 1.54) is 36.0 Å². The van der Waals surface area contributed by atoms with E-state index in [0.29, 0.717) is 5.56 Å². The molecular weight excluding hydrogens is 377 g/mol. The van der Waals surface area contributed by atoms with E-state index in [9.17, 15) is 18.0 Å². The van der Waals surface area contributed by atoms with Crippen molar-refractivity contribution in [2.75, 3.05) is 13.2 Å². The van der Waals surface area contributed by atoms with Crippen molar-refractivity contribution in [1.82, 2.24) is 15.5 Å². The first-order valence-corrected chi connectivity index (χ1v) is 7.54. The third kappa shape index (κ3) is 5.59. The zero-order chi connectivity index (χ0) is 19.0. The number of alkyl halides is 3. The van der Waals surface area contributed by atoms with Gasteiger partial charge in [-0.05, 0) is 18.2 Å². The summed E-state index contributed by atoms with van der Waals surface area (Å²) in [4.78, 5) is 20.0. The van der Waals surface area contributed by atoms with Crippen LogP contribution in [0.4, 0.5) is 13.2 Å². The molecular formula is C15H12ClF3N4O3. The van der Waals surface area contributed by atoms with Gasteiger partial charge < -0.3 is 14.7 Å². The molecule has 0 saturated heterocycles. The van der Waals surface area contributed by atoms with Crippen LogP contribution in [0, 0.1) is 0 Å². The monoisotopic (exact) mass is 388 g/mol. The van der Waals surface area contributed by atoms with E-state index < -0.39 is 18.0 Å². The first-order chi connectivity index (χ1) is 12.4. The number of amides is 1. The van der Waals surface area contributed by atoms with Crippen LogP contribution in [0.15, 0.2) is 45.6 Å². The Balaban J connectivity index is 1.90. The molecule has 26 heavy (non-hydrogen) atoms. The third-order valence-electron chi connectivity index (χ3n) is 2.84. The van der Waals surface area contributed by atoms with Gasteiger partial charge in [0, 0.05) is 16.7 Å². The van der Waals surface area contributed by atoms with Gasteiger partial charge in [0.25, 0.3) is 5.91 Å². The number of aromatic nitrogens is 2. The zero-order valence-electron chi connectivity index (χ0n) is 13.0. The fourth-order valence-corrected chi connectivity index (χ4v) is 1.75. The highest BCUT2D eigenvalue weighted by atomic mass is 35.5. The molecule has 1 N–H and O–H groups in total. The van der Waals surface area contributed by atoms with Crippen LogP contribution >= 0.6 is 11.6 Å². The van der Waals surface area contributed by atoms with Gasteiger partial charge in [-0.1, -0.05) is 34.0 Å². The van der Waals surface area contributed by atoms with Gasteiger partial charge in [-0.3, -0.25) is 4.79 Å². The van der Waals surface area contributed by atoms with Crippen molar-refractivity contribution >= 4 is 23.7 Å². The summed E-state index contributed by atoms with van der Waals surface area (Å²) in [5, 5.41) is 9.41. The van der Waals surface area contributed by atoms with Crippen molar-refractivity contribution < 1.29 is 27.3 Å². The molecule has 1 aromatic carbocycles. The Kier molecular flexibility index (Phi) is 6.73. The quantitative estimate of drug-likeness (QED) is 0.447. The molecule has 0 aliphatic carbocycles. The van der Waals surface area contributed by atoms with Crippen LogP contribution in [0.3, 0.4) is 0 Å². The molecule has 11 heteroatoms. The average Bonchev–Trinajstić information content (AvgIpc) is 3.11. The smallest absolute Gasteiger partial charge is 0.392 e. The molecule has 2 aromatic rings. The van der Waals surface area contributed by atoms with Gasteiger partial charge in [-0.15, -0.1) is 0 Å². The molecule has 0 saturated carbocycles. The van der Waals surface area contributed by atoms with Crippen LogP contribution in [0.1, 0.15) is 16.2 Å². The average molecular weight is 389 g/mol. The van der Waals surface area contributed by atoms with E-state index >= 15 is 0 Å². The third-order valence-corrected chi connectivity index (χ3v) is 3.01. The van der Waals surface area contributed by atoms with Crippen molar-refractivity contribution in [3.05, 3.63) is 47.3 Å². The second-order valence-corrected chi connectivity index (χ2v) is 4.91. The van der Waals surface area contributed by atoms with Crippen molar-refractivity contribution in [1.29, 1.82) is 0 Å². The lowest BCUT2D eigenvalue weighted by Crippen LogP contribution is -2.25. The first-order valence-electron chi connectivity index (χ1n) is 7.10. The minimum atomic E-state index is -4.71. The SMILES string of the molecule is O=C(NCC=NOC/C=C\Cl)c1ccc(-c2noc(C(F)(F)F)n2)cc1. The number of rotatable bonds is 7. The van der Waals surface area contributed by atoms with Crippen LogP contribution in [-0.4, -0.2) is 35.4 Å². The summed E-state index contributed by atoms with van der Waals surface area (Å²) in [5.41, 5.74) is 1.87. The Labute approximate surface area is 150 Å². The number of hydrogen-bond acceptors (Lipinski definition) is 6. The fraction of sp³-hybridized carbons (Fsp3) is 0.200. The van der Waals surface area contributed by atoms with Gasteiger partial charge in [0.15, 0.2) is 0 Å². The lowest BCUT2D eigenvalue weighted by Gasteiger charge is -2.02. The molecule has 0 radical (unpaired) electrons. The molecule has 1 heterocycles. The second kappa shape index (κ2) is 8.99. The summed E-state index contributed by atoms with van der Waals surface area (Å²) in [5.74, 6) is -2.05. The van der Waals surface area contributed by atoms with Gasteiger partial charge in [0.05, 0.1) is 12.8 Å². The summed E-state index contributed by atoms with van der Waals surface area (Å²) in [6, 6.07) is 5.67. The zero-order valence-corrected chi connectivity index (χ0v) is 13.8. The van der Waals surface area contributed by atoms with Gasteiger partial charge in [0.2, 0.25) is 5.82 Å². The van der Waals surface area contributed by atoms with Crippen LogP contribution in [-0.2, 0) is 11.0 Å². The van der Waals surface area contributed by atoms with E-state index in [1.54, 1.807) is 6.08 Å². The number of halogens is 4. The second-order valence-electron chi connectivity index (χ2n) is 4.65. The van der Waals surface area contributed by atoms with Crippen LogP contribution in [0.5, 0.6) is 0 Å². The molecule has 0 aliphatic heterocycles. The maximum atomic E-state index is 12.4. The van der Waals surface area contributed by atoms with Crippen LogP contribution in [0.2, 0.25) is 0 Å². The molecule has 1 aromatic heterocycles. The largest absolute Gasteiger partial charge is 0.471 e. The number of nitrogens with zero attached hydrogens (tertiary/aromatic N) is 3. The molecule has 0 unspecified atom stereocenters. The highest BCUT2D eigenvalue weighted by molar-refractivity contribution is 6.25. The van der Waals surface area contributed by atoms with E-state index in [1.807, 2.05) is 0 Å². The lowest BCUT2D eigenvalue weighted by atomic mass is 10.1. The van der Waals surface area contributed by atoms with E-state index in [-0.39, 0.29) is 24.5 Å². The Morgan fingerprint density at radius 2 is 2.08 bits per heavy atom. The molecule has 0 spiro atoms. The van der Waals surface area contributed by atoms with Gasteiger partial charge in [0.1, 0.15) is 6.61 Å². The highest BCUT2D eigenvalue weighted by Crippen LogP contribution is 2.29. The fourth-order valence-electron chi connectivity index (χ4n) is 1.68. The molecule has 7 nitrogen and oxygen atoms in total. The lowest BCUT2D eigenvalue weighted by molar-refractivity contribution is -0.159. The summed E-state index contributed by atoms with van der Waals surface area (Å²) >= 11 is 5.29. The Morgan fingerprint density at radius 3 is 2.69 bits per heavy atom. The van der Waals surface area contributed by atoms with E-state index in [2.05, 4.69) is 25.1 Å². The maximum Gasteiger partial charge on any atom is 0.471 e. The molecule has 2 rings (SSSR count). The van der Waals surface area contributed by atoms with Crippen molar-refractivity contribution in [3.8, 4) is 11.4 Å². The summed E-state index contributed by atoms with van der Waals surface area (Å²) in [6.45, 7) is 0.340. The number of hydrogen-bond donors (Lipinski definition) is 1. The van der Waals surface area contributed by atoms with Crippen molar-refractivity contribution in [2.45, 2.75) is 6.18 Å². The normalized spacial score (nSPS) is 12.0. The van der Waals surface area contributed by atoms with Gasteiger partial charge >= 0.3 is 12.1 Å². The summed E-state index contributed by atoms with van der Waals surface area (Å²) < 4.78 is 41.5. The predicted octanol–water partition coefficient (Wildman–Crippen LogP) is 3.24. The maximum absolute atomic E-state index is 12.4. The molecule has 0 atom stereocenters. The minimum Gasteiger partial charge on any atom is -0.392 e. The molecule has 1 amide bonds. The standard InChI is InChI=1S/C15H12ClF3N4O3/c16-6-1-9-25-21-8-7-20-13(24)11-4-2-10(3-5-11)12-22-14(26-23-12)15(17,18)19/h1-6,8H,7,9H2,(H,20,24)/b6-1-,21-8?. The number of nitrogens with one attached hydrogen (secondary N) is 1. The number of benzene rings is 1. The summed E-state index contributed by atoms with van der Waals surface area (Å²) in [6.07, 6.45) is -1.82. The molecule has 0 bridgehead atoms. The molecule has 0 fully saturated rings. The van der Waals surface area contributed by atoms with Crippen LogP contribution < -0.4 is 5.32 Å². The molecule has 138 valence electrons. The summed E-state index contributed by atoms with van der Waals surface area (Å²) in [7, 11) is 0. The van der Waals surface area contributed by atoms with Crippen molar-refractivity contribution in [3.63, 3.8) is 0 Å². The number of carbonyl (C=O) groups excluding carboxylic acids is 1. The minimum absolute atomic E-state index is 0.130. The van der Waals surface area contributed by atoms with Gasteiger partial charge in [-0.2, -0.15) is 18.2 Å². The van der Waals surface area contributed by atoms with Crippen LogP contribution in [0.25, 0.3) is 11.4 Å². The van der Waals surface area contributed by atoms with E-state index in [0.717, 1.165) is 0 Å². The highest BCUT2D eigenvalue weighted by Gasteiger charge is 2.38. The van der Waals surface area contributed by atoms with Crippen molar-refractivity contribution in [2.24, 2.45) is 5.16 Å². The number of oxime groups is 1. The van der Waals surface area contributed by atoms with E-state index in [4.69, 9.17) is 16.4 Å². The Bertz CT molecular complexity index is 788. The molecule has 0 aliphatic rings. The predicted molar refractivity (Wildman–Crippen MR) is 86.5 cm³/mol. The number of carbonyl (C=O) groups is 1. The topological polar surface area (TPSA) is 89.6 Å². The van der Waals surface area contributed by atoms with Gasteiger partial charge in [-0.25, -0.2) is 0 Å². The first kappa shape index (κ1) is 19.4. The Morgan fingerprint density at radius 1 is 1.35 bits per heavy atom. The Hall–Kier alpha value is -2.88.